The van der Waals surface area contributed by atoms with Gasteiger partial charge >= 0.3 is 0 Å². The van der Waals surface area contributed by atoms with Crippen molar-refractivity contribution in [3.8, 4) is 0 Å². The number of H-pyrrole nitrogens is 1. The van der Waals surface area contributed by atoms with Gasteiger partial charge in [0, 0.05) is 31.2 Å². The molecule has 0 saturated heterocycles. The molecule has 0 saturated carbocycles. The number of anilines is 1. The van der Waals surface area contributed by atoms with Crippen LogP contribution in [0.15, 0.2) is 34.8 Å². The Balaban J connectivity index is 1.72. The summed E-state index contributed by atoms with van der Waals surface area (Å²) in [4.78, 5) is 9.53. The molecule has 5 heteroatoms. The van der Waals surface area contributed by atoms with E-state index >= 15 is 0 Å². The number of benzene rings is 1. The third-order valence-corrected chi connectivity index (χ3v) is 4.06. The Labute approximate surface area is 117 Å². The van der Waals surface area contributed by atoms with E-state index in [1.807, 2.05) is 0 Å². The molecule has 2 aliphatic rings. The van der Waals surface area contributed by atoms with Gasteiger partial charge in [-0.3, -0.25) is 0 Å². The molecule has 4 rings (SSSR count). The second-order valence-corrected chi connectivity index (χ2v) is 5.42. The number of hydrogen-bond donors (Lipinski definition) is 1. The fourth-order valence-corrected chi connectivity index (χ4v) is 3.26. The van der Waals surface area contributed by atoms with Crippen LogP contribution in [-0.2, 0) is 12.8 Å². The summed E-state index contributed by atoms with van der Waals surface area (Å²) >= 11 is 0. The number of hydrogen-bond acceptors (Lipinski definition) is 4. The van der Waals surface area contributed by atoms with Crippen LogP contribution in [-0.4, -0.2) is 23.1 Å². The molecule has 0 radical (unpaired) electrons. The van der Waals surface area contributed by atoms with Crippen molar-refractivity contribution in [1.29, 1.82) is 0 Å². The maximum atomic E-state index is 4.33. The Morgan fingerprint density at radius 2 is 1.80 bits per heavy atom. The van der Waals surface area contributed by atoms with E-state index in [0.717, 1.165) is 18.5 Å². The molecule has 0 spiro atoms. The van der Waals surface area contributed by atoms with Crippen molar-refractivity contribution >= 4 is 17.3 Å². The number of nitrogens with zero attached hydrogens (tertiary/aromatic N) is 4. The van der Waals surface area contributed by atoms with Crippen LogP contribution >= 0.6 is 0 Å². The van der Waals surface area contributed by atoms with Gasteiger partial charge in [0.25, 0.3) is 0 Å². The first kappa shape index (κ1) is 11.6. The fourth-order valence-electron chi connectivity index (χ4n) is 3.26. The first-order valence-electron chi connectivity index (χ1n) is 7.22. The van der Waals surface area contributed by atoms with E-state index in [0.29, 0.717) is 5.95 Å². The van der Waals surface area contributed by atoms with Crippen molar-refractivity contribution in [3.05, 3.63) is 35.7 Å². The molecule has 20 heavy (non-hydrogen) atoms. The fraction of sp³-hybridized carbons (Fsp3) is 0.400. The lowest BCUT2D eigenvalue weighted by molar-refractivity contribution is 0.634. The van der Waals surface area contributed by atoms with E-state index in [-0.39, 0.29) is 0 Å². The van der Waals surface area contributed by atoms with Crippen molar-refractivity contribution in [2.45, 2.75) is 25.7 Å². The van der Waals surface area contributed by atoms with Crippen LogP contribution in [0, 0.1) is 0 Å². The van der Waals surface area contributed by atoms with Gasteiger partial charge in [-0.05, 0) is 48.9 Å². The Morgan fingerprint density at radius 1 is 1.05 bits per heavy atom. The summed E-state index contributed by atoms with van der Waals surface area (Å²) in [5.74, 6) is 0.554. The number of aryl methyl sites for hydroxylation is 2. The standard InChI is InChI=1S/C15H17N5/c1-3-11-9-13(18-19-15-16-5-6-17-15)10-12-4-2-8-20(7-1)14(11)12/h5-6,9-10H,1-4,7-8H2,(H,16,17). The highest BCUT2D eigenvalue weighted by Gasteiger charge is 2.24. The van der Waals surface area contributed by atoms with Crippen LogP contribution in [0.25, 0.3) is 0 Å². The lowest BCUT2D eigenvalue weighted by Gasteiger charge is -2.36. The van der Waals surface area contributed by atoms with Crippen molar-refractivity contribution in [2.24, 2.45) is 10.2 Å². The van der Waals surface area contributed by atoms with E-state index in [9.17, 15) is 0 Å². The zero-order chi connectivity index (χ0) is 13.4. The maximum absolute atomic E-state index is 4.33. The third-order valence-electron chi connectivity index (χ3n) is 4.06. The minimum atomic E-state index is 0.554. The Bertz CT molecular complexity index is 613. The van der Waals surface area contributed by atoms with Crippen molar-refractivity contribution in [3.63, 3.8) is 0 Å². The lowest BCUT2D eigenvalue weighted by atomic mass is 9.91. The second-order valence-electron chi connectivity index (χ2n) is 5.42. The van der Waals surface area contributed by atoms with Crippen LogP contribution in [0.1, 0.15) is 24.0 Å². The number of azo groups is 1. The SMILES string of the molecule is c1c[nH]c(N=Nc2cc3c4c(c2)CCCN4CCC3)n1. The molecular weight excluding hydrogens is 250 g/mol. The first-order valence-corrected chi connectivity index (χ1v) is 7.22. The molecule has 0 amide bonds. The Morgan fingerprint density at radius 3 is 2.45 bits per heavy atom. The normalized spacial score (nSPS) is 17.5. The average molecular weight is 267 g/mol. The van der Waals surface area contributed by atoms with E-state index < -0.39 is 0 Å². The van der Waals surface area contributed by atoms with Gasteiger partial charge in [0.2, 0.25) is 5.95 Å². The number of aromatic nitrogens is 2. The number of imidazole rings is 1. The average Bonchev–Trinajstić information content (AvgIpc) is 2.99. The largest absolute Gasteiger partial charge is 0.371 e. The van der Waals surface area contributed by atoms with Gasteiger partial charge in [-0.2, -0.15) is 0 Å². The van der Waals surface area contributed by atoms with Crippen molar-refractivity contribution in [2.75, 3.05) is 18.0 Å². The zero-order valence-corrected chi connectivity index (χ0v) is 11.3. The quantitative estimate of drug-likeness (QED) is 0.846. The predicted molar refractivity (Wildman–Crippen MR) is 78.1 cm³/mol. The molecule has 2 aliphatic heterocycles. The van der Waals surface area contributed by atoms with Crippen LogP contribution in [0.2, 0.25) is 0 Å². The summed E-state index contributed by atoms with van der Waals surface area (Å²) in [5, 5.41) is 8.47. The van der Waals surface area contributed by atoms with Crippen LogP contribution < -0.4 is 4.90 Å². The number of aromatic amines is 1. The smallest absolute Gasteiger partial charge is 0.246 e. The van der Waals surface area contributed by atoms with Gasteiger partial charge in [0.1, 0.15) is 0 Å². The number of rotatable bonds is 2. The van der Waals surface area contributed by atoms with Gasteiger partial charge in [-0.1, -0.05) is 0 Å². The zero-order valence-electron chi connectivity index (χ0n) is 11.3. The number of nitrogens with one attached hydrogen (secondary N) is 1. The lowest BCUT2D eigenvalue weighted by Crippen LogP contribution is -2.34. The van der Waals surface area contributed by atoms with E-state index in [1.165, 1.54) is 42.7 Å². The molecule has 3 heterocycles. The molecule has 1 aromatic heterocycles. The predicted octanol–water partition coefficient (Wildman–Crippen LogP) is 3.52. The summed E-state index contributed by atoms with van der Waals surface area (Å²) in [7, 11) is 0. The first-order chi connectivity index (χ1) is 9.90. The highest BCUT2D eigenvalue weighted by Crippen LogP contribution is 2.38. The van der Waals surface area contributed by atoms with Crippen LogP contribution in [0.5, 0.6) is 0 Å². The van der Waals surface area contributed by atoms with E-state index in [1.54, 1.807) is 12.4 Å². The molecule has 1 N–H and O–H groups in total. The van der Waals surface area contributed by atoms with Gasteiger partial charge in [0.15, 0.2) is 0 Å². The van der Waals surface area contributed by atoms with Gasteiger partial charge in [-0.25, -0.2) is 4.98 Å². The molecule has 0 fully saturated rings. The Kier molecular flexibility index (Phi) is 2.76. The Hall–Kier alpha value is -2.17. The summed E-state index contributed by atoms with van der Waals surface area (Å²) in [6.45, 7) is 2.40. The molecular formula is C15H17N5. The second kappa shape index (κ2) is 4.74. The van der Waals surface area contributed by atoms with Crippen molar-refractivity contribution in [1.82, 2.24) is 9.97 Å². The molecule has 5 nitrogen and oxygen atoms in total. The minimum absolute atomic E-state index is 0.554. The molecule has 0 bridgehead atoms. The monoisotopic (exact) mass is 267 g/mol. The van der Waals surface area contributed by atoms with E-state index in [2.05, 4.69) is 37.2 Å². The van der Waals surface area contributed by atoms with Crippen LogP contribution in [0.4, 0.5) is 17.3 Å². The molecule has 0 atom stereocenters. The molecule has 102 valence electrons. The van der Waals surface area contributed by atoms with Gasteiger partial charge in [0.05, 0.1) is 5.69 Å². The third kappa shape index (κ3) is 1.99. The highest BCUT2D eigenvalue weighted by atomic mass is 15.2. The summed E-state index contributed by atoms with van der Waals surface area (Å²) in [5.41, 5.74) is 5.28. The topological polar surface area (TPSA) is 56.6 Å². The maximum Gasteiger partial charge on any atom is 0.246 e. The minimum Gasteiger partial charge on any atom is -0.371 e. The van der Waals surface area contributed by atoms with Crippen molar-refractivity contribution < 1.29 is 0 Å². The summed E-state index contributed by atoms with van der Waals surface area (Å²) in [6.07, 6.45) is 8.23. The molecule has 2 aromatic rings. The van der Waals surface area contributed by atoms with Crippen LogP contribution in [0.3, 0.4) is 0 Å². The van der Waals surface area contributed by atoms with Gasteiger partial charge in [-0.15, -0.1) is 10.2 Å². The molecule has 0 aliphatic carbocycles. The molecule has 1 aromatic carbocycles. The highest BCUT2D eigenvalue weighted by molar-refractivity contribution is 5.67. The van der Waals surface area contributed by atoms with E-state index in [4.69, 9.17) is 0 Å². The van der Waals surface area contributed by atoms with Gasteiger partial charge < -0.3 is 9.88 Å². The molecule has 0 unspecified atom stereocenters. The summed E-state index contributed by atoms with van der Waals surface area (Å²) in [6, 6.07) is 4.37. The summed E-state index contributed by atoms with van der Waals surface area (Å²) < 4.78 is 0.